The molecule has 3 aliphatic rings. The molecule has 1 aliphatic heterocycles. The van der Waals surface area contributed by atoms with Gasteiger partial charge >= 0.3 is 6.03 Å². The summed E-state index contributed by atoms with van der Waals surface area (Å²) in [5.74, 6) is -0.249. The van der Waals surface area contributed by atoms with Gasteiger partial charge in [-0.15, -0.1) is 11.3 Å². The zero-order chi connectivity index (χ0) is 20.9. The Bertz CT molecular complexity index is 709. The summed E-state index contributed by atoms with van der Waals surface area (Å²) in [6.07, 6.45) is 15.6. The van der Waals surface area contributed by atoms with E-state index in [1.807, 2.05) is 6.20 Å². The zero-order valence-corrected chi connectivity index (χ0v) is 18.7. The number of anilines is 1. The number of nitrogens with one attached hydrogen (secondary N) is 1. The van der Waals surface area contributed by atoms with Crippen molar-refractivity contribution in [3.8, 4) is 0 Å². The molecule has 3 fully saturated rings. The second kappa shape index (κ2) is 10.1. The lowest BCUT2D eigenvalue weighted by Crippen LogP contribution is -2.50. The molecule has 3 amide bonds. The second-order valence-corrected chi connectivity index (χ2v) is 10.2. The fraction of sp³-hybridized carbons (Fsp3) is 0.773. The Balaban J connectivity index is 1.40. The van der Waals surface area contributed by atoms with Crippen molar-refractivity contribution in [1.29, 1.82) is 0 Å². The Labute approximate surface area is 183 Å². The van der Waals surface area contributed by atoms with Gasteiger partial charge in [0, 0.05) is 29.7 Å². The van der Waals surface area contributed by atoms with E-state index in [-0.39, 0.29) is 18.0 Å². The van der Waals surface area contributed by atoms with E-state index in [0.29, 0.717) is 23.8 Å². The van der Waals surface area contributed by atoms with Crippen LogP contribution in [-0.2, 0) is 11.3 Å². The lowest BCUT2D eigenvalue weighted by Gasteiger charge is -2.41. The largest absolute Gasteiger partial charge is 0.368 e. The Morgan fingerprint density at radius 2 is 1.67 bits per heavy atom. The molecule has 2 heterocycles. The molecule has 1 atom stereocenters. The molecule has 0 bridgehead atoms. The zero-order valence-electron chi connectivity index (χ0n) is 17.9. The van der Waals surface area contributed by atoms with Crippen LogP contribution in [0.25, 0.3) is 0 Å². The van der Waals surface area contributed by atoms with E-state index in [4.69, 9.17) is 5.73 Å². The minimum absolute atomic E-state index is 0.0193. The van der Waals surface area contributed by atoms with Crippen molar-refractivity contribution in [3.05, 3.63) is 11.1 Å². The summed E-state index contributed by atoms with van der Waals surface area (Å²) in [4.78, 5) is 34.8. The number of primary amides is 1. The van der Waals surface area contributed by atoms with Crippen molar-refractivity contribution < 1.29 is 9.59 Å². The smallest absolute Gasteiger partial charge is 0.324 e. The molecule has 1 aromatic heterocycles. The van der Waals surface area contributed by atoms with Gasteiger partial charge in [-0.1, -0.05) is 38.5 Å². The number of carbonyl (C=O) groups is 2. The summed E-state index contributed by atoms with van der Waals surface area (Å²) in [6, 6.07) is 0.563. The van der Waals surface area contributed by atoms with Gasteiger partial charge in [0.15, 0.2) is 5.13 Å². The fourth-order valence-electron chi connectivity index (χ4n) is 5.48. The van der Waals surface area contributed by atoms with E-state index in [0.717, 1.165) is 49.9 Å². The van der Waals surface area contributed by atoms with Crippen LogP contribution >= 0.6 is 11.3 Å². The highest BCUT2D eigenvalue weighted by atomic mass is 32.1. The van der Waals surface area contributed by atoms with E-state index in [9.17, 15) is 9.59 Å². The number of carbonyl (C=O) groups excluding carboxylic acids is 2. The van der Waals surface area contributed by atoms with Crippen molar-refractivity contribution in [3.63, 3.8) is 0 Å². The molecular formula is C22H35N5O2S. The van der Waals surface area contributed by atoms with Crippen LogP contribution < -0.4 is 11.1 Å². The average molecular weight is 434 g/mol. The number of aromatic nitrogens is 1. The highest BCUT2D eigenvalue weighted by Gasteiger charge is 2.33. The number of nitrogens with two attached hydrogens (primary N) is 1. The summed E-state index contributed by atoms with van der Waals surface area (Å²) < 4.78 is 0. The number of hydrogen-bond donors (Lipinski definition) is 2. The molecule has 1 unspecified atom stereocenters. The molecule has 1 aromatic rings. The highest BCUT2D eigenvalue weighted by Crippen LogP contribution is 2.31. The lowest BCUT2D eigenvalue weighted by molar-refractivity contribution is -0.122. The maximum atomic E-state index is 13.3. The van der Waals surface area contributed by atoms with Gasteiger partial charge in [-0.05, 0) is 45.1 Å². The maximum Gasteiger partial charge on any atom is 0.324 e. The van der Waals surface area contributed by atoms with Gasteiger partial charge in [-0.2, -0.15) is 0 Å². The third-order valence-corrected chi connectivity index (χ3v) is 7.89. The molecule has 0 spiro atoms. The Hall–Kier alpha value is -1.67. The van der Waals surface area contributed by atoms with E-state index < -0.39 is 0 Å². The molecule has 8 heteroatoms. The minimum atomic E-state index is -0.249. The van der Waals surface area contributed by atoms with Crippen molar-refractivity contribution in [2.24, 2.45) is 5.73 Å². The standard InChI is InChI=1S/C22H35N5O2S/c23-20(28)19-12-7-13-26(19)15-18-14-24-21(30-18)25-22(29)27(16-8-3-1-4-9-16)17-10-5-2-6-11-17/h14,16-17,19H,1-13,15H2,(H2,23,28)(H,24,25,29). The quantitative estimate of drug-likeness (QED) is 0.707. The summed E-state index contributed by atoms with van der Waals surface area (Å²) in [5, 5.41) is 3.75. The lowest BCUT2D eigenvalue weighted by atomic mass is 9.89. The molecule has 3 N–H and O–H groups in total. The van der Waals surface area contributed by atoms with Gasteiger partial charge in [-0.25, -0.2) is 9.78 Å². The molecule has 4 rings (SSSR count). The van der Waals surface area contributed by atoms with E-state index in [1.165, 1.54) is 49.9 Å². The van der Waals surface area contributed by atoms with Crippen molar-refractivity contribution in [2.45, 2.75) is 102 Å². The second-order valence-electron chi connectivity index (χ2n) is 9.08. The number of amides is 3. The fourth-order valence-corrected chi connectivity index (χ4v) is 6.31. The maximum absolute atomic E-state index is 13.3. The van der Waals surface area contributed by atoms with Crippen LogP contribution in [0, 0.1) is 0 Å². The van der Waals surface area contributed by atoms with Crippen molar-refractivity contribution >= 4 is 28.4 Å². The number of thiazole rings is 1. The molecule has 2 aliphatic carbocycles. The minimum Gasteiger partial charge on any atom is -0.368 e. The molecule has 166 valence electrons. The third-order valence-electron chi connectivity index (χ3n) is 6.99. The normalized spacial score (nSPS) is 24.1. The Morgan fingerprint density at radius 3 is 2.27 bits per heavy atom. The van der Waals surface area contributed by atoms with Gasteiger partial charge < -0.3 is 10.6 Å². The topological polar surface area (TPSA) is 91.6 Å². The van der Waals surface area contributed by atoms with Gasteiger partial charge in [-0.3, -0.25) is 15.0 Å². The average Bonchev–Trinajstić information content (AvgIpc) is 3.40. The first-order valence-corrected chi connectivity index (χ1v) is 12.5. The summed E-state index contributed by atoms with van der Waals surface area (Å²) >= 11 is 1.51. The van der Waals surface area contributed by atoms with Crippen LogP contribution in [0.4, 0.5) is 9.93 Å². The number of urea groups is 1. The van der Waals surface area contributed by atoms with Crippen molar-refractivity contribution in [1.82, 2.24) is 14.8 Å². The Kier molecular flexibility index (Phi) is 7.25. The van der Waals surface area contributed by atoms with Gasteiger partial charge in [0.05, 0.1) is 6.04 Å². The van der Waals surface area contributed by atoms with Crippen LogP contribution in [0.3, 0.4) is 0 Å². The number of rotatable bonds is 6. The van der Waals surface area contributed by atoms with Crippen molar-refractivity contribution in [2.75, 3.05) is 11.9 Å². The first kappa shape index (κ1) is 21.6. The summed E-state index contributed by atoms with van der Waals surface area (Å²) in [6.45, 7) is 1.54. The molecule has 30 heavy (non-hydrogen) atoms. The monoisotopic (exact) mass is 433 g/mol. The van der Waals surface area contributed by atoms with Crippen LogP contribution in [-0.4, -0.2) is 51.4 Å². The molecular weight excluding hydrogens is 398 g/mol. The third kappa shape index (κ3) is 5.14. The van der Waals surface area contributed by atoms with Gasteiger partial charge in [0.2, 0.25) is 5.91 Å². The van der Waals surface area contributed by atoms with E-state index >= 15 is 0 Å². The molecule has 7 nitrogen and oxygen atoms in total. The van der Waals surface area contributed by atoms with Crippen LogP contribution in [0.1, 0.15) is 81.9 Å². The van der Waals surface area contributed by atoms with Crippen LogP contribution in [0.2, 0.25) is 0 Å². The molecule has 2 saturated carbocycles. The molecule has 1 saturated heterocycles. The SMILES string of the molecule is NC(=O)C1CCCN1Cc1cnc(NC(=O)N(C2CCCCC2)C2CCCCC2)s1. The first-order chi connectivity index (χ1) is 14.6. The van der Waals surface area contributed by atoms with Gasteiger partial charge in [0.25, 0.3) is 0 Å². The number of hydrogen-bond acceptors (Lipinski definition) is 5. The van der Waals surface area contributed by atoms with E-state index in [1.54, 1.807) is 0 Å². The van der Waals surface area contributed by atoms with Crippen LogP contribution in [0.15, 0.2) is 6.20 Å². The highest BCUT2D eigenvalue weighted by molar-refractivity contribution is 7.15. The molecule has 0 radical (unpaired) electrons. The number of nitrogens with zero attached hydrogens (tertiary/aromatic N) is 3. The first-order valence-electron chi connectivity index (χ1n) is 11.7. The predicted molar refractivity (Wildman–Crippen MR) is 119 cm³/mol. The summed E-state index contributed by atoms with van der Waals surface area (Å²) in [5.41, 5.74) is 5.53. The molecule has 0 aromatic carbocycles. The Morgan fingerprint density at radius 1 is 1.03 bits per heavy atom. The number of likely N-dealkylation sites (tertiary alicyclic amines) is 1. The van der Waals surface area contributed by atoms with E-state index in [2.05, 4.69) is 20.1 Å². The van der Waals surface area contributed by atoms with Crippen LogP contribution in [0.5, 0.6) is 0 Å². The summed E-state index contributed by atoms with van der Waals surface area (Å²) in [7, 11) is 0. The predicted octanol–water partition coefficient (Wildman–Crippen LogP) is 4.09. The van der Waals surface area contributed by atoms with Gasteiger partial charge in [0.1, 0.15) is 0 Å².